The summed E-state index contributed by atoms with van der Waals surface area (Å²) in [6.45, 7) is 0. The largest absolute Gasteiger partial charge is 0.276 e. The Morgan fingerprint density at radius 1 is 1.39 bits per heavy atom. The molecule has 0 unspecified atom stereocenters. The fourth-order valence-electron chi connectivity index (χ4n) is 2.44. The minimum absolute atomic E-state index is 0.100. The highest BCUT2D eigenvalue weighted by Crippen LogP contribution is 2.47. The molecule has 6 nitrogen and oxygen atoms in total. The Kier molecular flexibility index (Phi) is 3.67. The van der Waals surface area contributed by atoms with Gasteiger partial charge in [-0.3, -0.25) is 9.48 Å². The Morgan fingerprint density at radius 2 is 2.13 bits per heavy atom. The van der Waals surface area contributed by atoms with Crippen molar-refractivity contribution >= 4 is 15.9 Å². The molecule has 122 valence electrons. The predicted octanol–water partition coefficient (Wildman–Crippen LogP) is 1.31. The van der Waals surface area contributed by atoms with Gasteiger partial charge in [0.25, 0.3) is 10.0 Å². The number of hydrogen-bond acceptors (Lipinski definition) is 4. The van der Waals surface area contributed by atoms with Crippen molar-refractivity contribution in [1.29, 1.82) is 0 Å². The fraction of sp³-hybridized carbons (Fsp3) is 0.286. The molecule has 1 amide bonds. The van der Waals surface area contributed by atoms with Crippen LogP contribution in [0.4, 0.5) is 8.78 Å². The molecule has 0 bridgehead atoms. The van der Waals surface area contributed by atoms with Crippen LogP contribution >= 0.6 is 0 Å². The summed E-state index contributed by atoms with van der Waals surface area (Å²) in [6, 6.07) is 2.05. The number of benzene rings is 1. The monoisotopic (exact) mass is 341 g/mol. The van der Waals surface area contributed by atoms with Gasteiger partial charge >= 0.3 is 0 Å². The summed E-state index contributed by atoms with van der Waals surface area (Å²) >= 11 is 0. The second-order valence-electron chi connectivity index (χ2n) is 5.44. The molecule has 1 aromatic heterocycles. The van der Waals surface area contributed by atoms with E-state index >= 15 is 0 Å². The first kappa shape index (κ1) is 15.6. The van der Waals surface area contributed by atoms with Gasteiger partial charge in [0.15, 0.2) is 0 Å². The van der Waals surface area contributed by atoms with E-state index in [-0.39, 0.29) is 5.92 Å². The standard InChI is InChI=1S/C14H13F2N3O3S/c1-19-7-8(6-17-19)10-5-11(10)14(20)18-23(21,22)13-3-2-9(15)4-12(13)16/h2-4,6-7,10-11H,5H2,1H3,(H,18,20)/t10-,11-/m1/s1. The van der Waals surface area contributed by atoms with Gasteiger partial charge in [-0.15, -0.1) is 0 Å². The molecule has 1 aliphatic rings. The Bertz CT molecular complexity index is 879. The highest BCUT2D eigenvalue weighted by atomic mass is 32.2. The van der Waals surface area contributed by atoms with Crippen molar-refractivity contribution in [3.63, 3.8) is 0 Å². The molecule has 2 atom stereocenters. The second kappa shape index (κ2) is 5.41. The number of hydrogen-bond donors (Lipinski definition) is 1. The van der Waals surface area contributed by atoms with E-state index in [0.717, 1.165) is 17.7 Å². The van der Waals surface area contributed by atoms with Gasteiger partial charge in [0.2, 0.25) is 5.91 Å². The van der Waals surface area contributed by atoms with Gasteiger partial charge in [0, 0.05) is 25.2 Å². The molecule has 0 aliphatic heterocycles. The molecular formula is C14H13F2N3O3S. The Hall–Kier alpha value is -2.29. The van der Waals surface area contributed by atoms with E-state index in [2.05, 4.69) is 5.10 Å². The van der Waals surface area contributed by atoms with E-state index in [1.165, 1.54) is 0 Å². The van der Waals surface area contributed by atoms with Crippen LogP contribution in [0, 0.1) is 17.6 Å². The number of rotatable bonds is 4. The Balaban J connectivity index is 1.73. The maximum Gasteiger partial charge on any atom is 0.266 e. The lowest BCUT2D eigenvalue weighted by atomic mass is 10.2. The molecule has 1 aromatic carbocycles. The first-order chi connectivity index (χ1) is 10.8. The van der Waals surface area contributed by atoms with Crippen LogP contribution in [0.1, 0.15) is 17.9 Å². The molecule has 1 aliphatic carbocycles. The number of amides is 1. The number of carbonyl (C=O) groups is 1. The number of aryl methyl sites for hydroxylation is 1. The van der Waals surface area contributed by atoms with Gasteiger partial charge in [0.05, 0.1) is 6.20 Å². The predicted molar refractivity (Wildman–Crippen MR) is 75.7 cm³/mol. The van der Waals surface area contributed by atoms with Gasteiger partial charge in [-0.1, -0.05) is 0 Å². The third kappa shape index (κ3) is 3.09. The molecule has 0 saturated heterocycles. The number of nitrogens with zero attached hydrogens (tertiary/aromatic N) is 2. The maximum absolute atomic E-state index is 13.6. The normalized spacial score (nSPS) is 20.3. The van der Waals surface area contributed by atoms with Gasteiger partial charge in [-0.2, -0.15) is 5.10 Å². The molecule has 23 heavy (non-hydrogen) atoms. The fourth-order valence-corrected chi connectivity index (χ4v) is 3.53. The summed E-state index contributed by atoms with van der Waals surface area (Å²) in [4.78, 5) is 11.3. The van der Waals surface area contributed by atoms with Crippen molar-refractivity contribution in [2.45, 2.75) is 17.2 Å². The van der Waals surface area contributed by atoms with Crippen LogP contribution in [0.25, 0.3) is 0 Å². The average molecular weight is 341 g/mol. The van der Waals surface area contributed by atoms with Crippen molar-refractivity contribution in [3.8, 4) is 0 Å². The topological polar surface area (TPSA) is 81.1 Å². The summed E-state index contributed by atoms with van der Waals surface area (Å²) in [7, 11) is -2.64. The van der Waals surface area contributed by atoms with Crippen molar-refractivity contribution in [1.82, 2.24) is 14.5 Å². The number of sulfonamides is 1. The third-order valence-electron chi connectivity index (χ3n) is 3.70. The summed E-state index contributed by atoms with van der Waals surface area (Å²) in [5.41, 5.74) is 0.845. The summed E-state index contributed by atoms with van der Waals surface area (Å²) < 4.78 is 53.9. The van der Waals surface area contributed by atoms with Crippen LogP contribution in [0.3, 0.4) is 0 Å². The van der Waals surface area contributed by atoms with Crippen molar-refractivity contribution in [2.24, 2.45) is 13.0 Å². The van der Waals surface area contributed by atoms with Crippen LogP contribution in [0.5, 0.6) is 0 Å². The minimum atomic E-state index is -4.37. The third-order valence-corrected chi connectivity index (χ3v) is 5.08. The molecule has 0 spiro atoms. The van der Waals surface area contributed by atoms with Crippen LogP contribution in [0.15, 0.2) is 35.5 Å². The Labute approximate surface area is 131 Å². The maximum atomic E-state index is 13.6. The van der Waals surface area contributed by atoms with Crippen LogP contribution < -0.4 is 4.72 Å². The summed E-state index contributed by atoms with van der Waals surface area (Å²) in [5.74, 6) is -3.45. The molecule has 1 N–H and O–H groups in total. The number of aromatic nitrogens is 2. The van der Waals surface area contributed by atoms with Crippen LogP contribution in [-0.4, -0.2) is 24.1 Å². The SMILES string of the molecule is Cn1cc([C@H]2C[C@H]2C(=O)NS(=O)(=O)c2ccc(F)cc2F)cn1. The first-order valence-corrected chi connectivity index (χ1v) is 8.26. The summed E-state index contributed by atoms with van der Waals surface area (Å²) in [5, 5.41) is 4.00. The summed E-state index contributed by atoms with van der Waals surface area (Å²) in [6.07, 6.45) is 3.87. The zero-order valence-corrected chi connectivity index (χ0v) is 12.8. The van der Waals surface area contributed by atoms with Crippen molar-refractivity contribution < 1.29 is 22.0 Å². The number of nitrogens with one attached hydrogen (secondary N) is 1. The van der Waals surface area contributed by atoms with Gasteiger partial charge in [-0.05, 0) is 30.0 Å². The molecule has 1 heterocycles. The lowest BCUT2D eigenvalue weighted by molar-refractivity contribution is -0.120. The minimum Gasteiger partial charge on any atom is -0.276 e. The van der Waals surface area contributed by atoms with E-state index in [1.807, 2.05) is 4.72 Å². The highest BCUT2D eigenvalue weighted by molar-refractivity contribution is 7.90. The molecule has 2 aromatic rings. The number of carbonyl (C=O) groups excluding carboxylic acids is 1. The van der Waals surface area contributed by atoms with Crippen LogP contribution in [-0.2, 0) is 21.9 Å². The van der Waals surface area contributed by atoms with Crippen molar-refractivity contribution in [2.75, 3.05) is 0 Å². The van der Waals surface area contributed by atoms with E-state index in [4.69, 9.17) is 0 Å². The van der Waals surface area contributed by atoms with E-state index in [0.29, 0.717) is 12.5 Å². The molecule has 9 heteroatoms. The van der Waals surface area contributed by atoms with Crippen LogP contribution in [0.2, 0.25) is 0 Å². The van der Waals surface area contributed by atoms with E-state index in [9.17, 15) is 22.0 Å². The highest BCUT2D eigenvalue weighted by Gasteiger charge is 2.46. The van der Waals surface area contributed by atoms with Gasteiger partial charge < -0.3 is 0 Å². The molecule has 3 rings (SSSR count). The zero-order valence-electron chi connectivity index (χ0n) is 12.0. The smallest absolute Gasteiger partial charge is 0.266 e. The molecule has 1 saturated carbocycles. The van der Waals surface area contributed by atoms with E-state index < -0.39 is 38.4 Å². The van der Waals surface area contributed by atoms with Gasteiger partial charge in [0.1, 0.15) is 16.5 Å². The number of halogens is 2. The lowest BCUT2D eigenvalue weighted by Crippen LogP contribution is -2.32. The zero-order chi connectivity index (χ0) is 16.8. The second-order valence-corrected chi connectivity index (χ2v) is 7.09. The molecular weight excluding hydrogens is 328 g/mol. The van der Waals surface area contributed by atoms with Gasteiger partial charge in [-0.25, -0.2) is 21.9 Å². The van der Waals surface area contributed by atoms with E-state index in [1.54, 1.807) is 24.1 Å². The van der Waals surface area contributed by atoms with Crippen molar-refractivity contribution in [3.05, 3.63) is 47.8 Å². The average Bonchev–Trinajstić information content (AvgIpc) is 3.13. The lowest BCUT2D eigenvalue weighted by Gasteiger charge is -2.07. The first-order valence-electron chi connectivity index (χ1n) is 6.78. The Morgan fingerprint density at radius 3 is 2.74 bits per heavy atom. The molecule has 1 fully saturated rings. The quantitative estimate of drug-likeness (QED) is 0.909. The molecule has 0 radical (unpaired) electrons.